The van der Waals surface area contributed by atoms with Gasteiger partial charge in [-0.25, -0.2) is 4.79 Å². The largest absolute Gasteiger partial charge is 0.459 e. The van der Waals surface area contributed by atoms with Gasteiger partial charge in [0.25, 0.3) is 5.69 Å². The number of benzene rings is 1. The highest BCUT2D eigenvalue weighted by atomic mass is 79.9. The summed E-state index contributed by atoms with van der Waals surface area (Å²) >= 11 is 3.38. The minimum atomic E-state index is -0.717. The molecule has 1 aromatic rings. The highest BCUT2D eigenvalue weighted by molar-refractivity contribution is 9.09. The molecule has 0 bridgehead atoms. The lowest BCUT2D eigenvalue weighted by Gasteiger charge is -2.22. The zero-order valence-electron chi connectivity index (χ0n) is 13.0. The zero-order valence-corrected chi connectivity index (χ0v) is 14.6. The number of alkyl halides is 1. The molecule has 0 radical (unpaired) electrons. The zero-order chi connectivity index (χ0) is 17.5. The quantitative estimate of drug-likeness (QED) is 0.330. The molecule has 2 heterocycles. The van der Waals surface area contributed by atoms with Gasteiger partial charge in [-0.3, -0.25) is 10.1 Å². The third kappa shape index (κ3) is 3.44. The number of halogens is 1. The number of nitro benzene ring substituents is 1. The molecule has 2 aliphatic heterocycles. The highest BCUT2D eigenvalue weighted by Gasteiger charge is 2.54. The second kappa shape index (κ2) is 6.40. The van der Waals surface area contributed by atoms with E-state index < -0.39 is 22.8 Å². The van der Waals surface area contributed by atoms with E-state index in [1.165, 1.54) is 24.3 Å². The maximum absolute atomic E-state index is 12.1. The fraction of sp³-hybridized carbons (Fsp3) is 0.533. The van der Waals surface area contributed by atoms with Crippen molar-refractivity contribution < 1.29 is 28.7 Å². The number of non-ortho nitro benzene ring substituents is 1. The van der Waals surface area contributed by atoms with Gasteiger partial charge in [0, 0.05) is 12.1 Å². The maximum Gasteiger partial charge on any atom is 0.338 e. The number of hydrogen-bond donors (Lipinski definition) is 0. The molecule has 0 amide bonds. The van der Waals surface area contributed by atoms with E-state index in [-0.39, 0.29) is 35.1 Å². The first-order valence-corrected chi connectivity index (χ1v) is 8.25. The van der Waals surface area contributed by atoms with Gasteiger partial charge in [-0.15, -0.1) is 0 Å². The van der Waals surface area contributed by atoms with Crippen LogP contribution in [0.25, 0.3) is 0 Å². The number of carbonyl (C=O) groups is 1. The fourth-order valence-corrected chi connectivity index (χ4v) is 3.41. The van der Waals surface area contributed by atoms with Crippen molar-refractivity contribution in [1.82, 2.24) is 0 Å². The van der Waals surface area contributed by atoms with E-state index >= 15 is 0 Å². The summed E-state index contributed by atoms with van der Waals surface area (Å²) in [5.74, 6) is -1.30. The number of carbonyl (C=O) groups excluding carboxylic acids is 1. The van der Waals surface area contributed by atoms with E-state index in [0.717, 1.165) is 0 Å². The van der Waals surface area contributed by atoms with Crippen molar-refractivity contribution in [3.8, 4) is 0 Å². The predicted molar refractivity (Wildman–Crippen MR) is 84.8 cm³/mol. The number of esters is 1. The Morgan fingerprint density at radius 2 is 1.92 bits per heavy atom. The van der Waals surface area contributed by atoms with Crippen molar-refractivity contribution in [1.29, 1.82) is 0 Å². The summed E-state index contributed by atoms with van der Waals surface area (Å²) in [6, 6.07) is 5.21. The minimum Gasteiger partial charge on any atom is -0.459 e. The molecule has 3 rings (SSSR count). The highest BCUT2D eigenvalue weighted by Crippen LogP contribution is 2.40. The van der Waals surface area contributed by atoms with Crippen LogP contribution in [-0.2, 0) is 18.9 Å². The Kier molecular flexibility index (Phi) is 4.60. The summed E-state index contributed by atoms with van der Waals surface area (Å²) in [7, 11) is 0. The van der Waals surface area contributed by atoms with Crippen LogP contribution in [0.4, 0.5) is 5.69 Å². The molecule has 9 heteroatoms. The summed E-state index contributed by atoms with van der Waals surface area (Å²) in [6.07, 6.45) is -1.07. The van der Waals surface area contributed by atoms with Gasteiger partial charge in [0.1, 0.15) is 29.9 Å². The lowest BCUT2D eigenvalue weighted by molar-refractivity contribution is -0.384. The molecule has 0 aromatic heterocycles. The van der Waals surface area contributed by atoms with Crippen LogP contribution in [0.2, 0.25) is 0 Å². The first-order chi connectivity index (χ1) is 11.3. The first kappa shape index (κ1) is 17.3. The van der Waals surface area contributed by atoms with E-state index in [0.29, 0.717) is 0 Å². The van der Waals surface area contributed by atoms with Crippen molar-refractivity contribution in [3.05, 3.63) is 39.9 Å². The Hall–Kier alpha value is -1.55. The van der Waals surface area contributed by atoms with E-state index in [9.17, 15) is 14.9 Å². The van der Waals surface area contributed by atoms with Gasteiger partial charge in [-0.05, 0) is 26.0 Å². The number of fused-ring (bicyclic) bond motifs is 1. The third-order valence-corrected chi connectivity index (χ3v) is 4.52. The van der Waals surface area contributed by atoms with Crippen molar-refractivity contribution in [2.75, 3.05) is 6.61 Å². The van der Waals surface area contributed by atoms with Gasteiger partial charge in [0.15, 0.2) is 5.79 Å². The number of nitro groups is 1. The summed E-state index contributed by atoms with van der Waals surface area (Å²) in [5, 5.41) is 10.3. The SMILES string of the molecule is CC1(C)O[C@@H]2[C@H](O1)[C@@H](COC(=O)c1ccc([N+](=O)[O-])cc1)O[C@H]2Br. The molecule has 0 N–H and O–H groups in total. The van der Waals surface area contributed by atoms with Crippen molar-refractivity contribution in [2.24, 2.45) is 0 Å². The van der Waals surface area contributed by atoms with Gasteiger partial charge in [0.2, 0.25) is 0 Å². The van der Waals surface area contributed by atoms with Gasteiger partial charge in [-0.1, -0.05) is 15.9 Å². The molecule has 0 spiro atoms. The van der Waals surface area contributed by atoms with Crippen molar-refractivity contribution in [3.63, 3.8) is 0 Å². The standard InChI is InChI=1S/C15H16BrNO7/c1-15(2)23-11-10(22-13(16)12(11)24-15)7-21-14(18)8-3-5-9(6-4-8)17(19)20/h3-6,10-13H,7H2,1-2H3/t10-,11-,12-,13-/m1/s1. The number of nitrogens with zero attached hydrogens (tertiary/aromatic N) is 1. The number of rotatable bonds is 4. The molecule has 2 saturated heterocycles. The average molecular weight is 402 g/mol. The Morgan fingerprint density at radius 1 is 1.29 bits per heavy atom. The van der Waals surface area contributed by atoms with Crippen LogP contribution < -0.4 is 0 Å². The van der Waals surface area contributed by atoms with Crippen LogP contribution in [-0.4, -0.2) is 46.6 Å². The molecule has 0 aliphatic carbocycles. The smallest absolute Gasteiger partial charge is 0.338 e. The second-order valence-corrected chi connectivity index (χ2v) is 6.90. The average Bonchev–Trinajstić information content (AvgIpc) is 2.99. The topological polar surface area (TPSA) is 97.1 Å². The van der Waals surface area contributed by atoms with E-state index in [1.807, 2.05) is 13.8 Å². The Bertz CT molecular complexity index is 648. The molecule has 130 valence electrons. The van der Waals surface area contributed by atoms with Gasteiger partial charge in [-0.2, -0.15) is 0 Å². The second-order valence-electron chi connectivity index (χ2n) is 5.99. The Labute approximate surface area is 146 Å². The third-order valence-electron chi connectivity index (χ3n) is 3.79. The van der Waals surface area contributed by atoms with Crippen LogP contribution in [0.15, 0.2) is 24.3 Å². The molecule has 8 nitrogen and oxygen atoms in total. The molecular formula is C15H16BrNO7. The van der Waals surface area contributed by atoms with E-state index in [4.69, 9.17) is 18.9 Å². The van der Waals surface area contributed by atoms with Crippen molar-refractivity contribution >= 4 is 27.6 Å². The summed E-state index contributed by atoms with van der Waals surface area (Å²) < 4.78 is 22.4. The number of hydrogen-bond acceptors (Lipinski definition) is 7. The Balaban J connectivity index is 1.59. The Morgan fingerprint density at radius 3 is 2.54 bits per heavy atom. The van der Waals surface area contributed by atoms with Crippen LogP contribution in [0.3, 0.4) is 0 Å². The fourth-order valence-electron chi connectivity index (χ4n) is 2.72. The first-order valence-electron chi connectivity index (χ1n) is 7.33. The molecule has 4 atom stereocenters. The molecule has 0 saturated carbocycles. The van der Waals surface area contributed by atoms with Gasteiger partial charge >= 0.3 is 5.97 Å². The van der Waals surface area contributed by atoms with Crippen LogP contribution >= 0.6 is 15.9 Å². The van der Waals surface area contributed by atoms with E-state index in [2.05, 4.69) is 15.9 Å². The summed E-state index contributed by atoms with van der Waals surface area (Å²) in [5.41, 5.74) is 0.142. The summed E-state index contributed by atoms with van der Waals surface area (Å²) in [4.78, 5) is 22.1. The van der Waals surface area contributed by atoms with Crippen LogP contribution in [0.1, 0.15) is 24.2 Å². The van der Waals surface area contributed by atoms with Crippen LogP contribution in [0.5, 0.6) is 0 Å². The lowest BCUT2D eigenvalue weighted by Crippen LogP contribution is -2.33. The predicted octanol–water partition coefficient (Wildman–Crippen LogP) is 2.39. The monoisotopic (exact) mass is 401 g/mol. The molecular weight excluding hydrogens is 386 g/mol. The molecule has 1 aromatic carbocycles. The summed E-state index contributed by atoms with van der Waals surface area (Å²) in [6.45, 7) is 3.62. The maximum atomic E-state index is 12.1. The lowest BCUT2D eigenvalue weighted by atomic mass is 10.1. The van der Waals surface area contributed by atoms with Gasteiger partial charge in [0.05, 0.1) is 10.5 Å². The van der Waals surface area contributed by atoms with Gasteiger partial charge < -0.3 is 18.9 Å². The minimum absolute atomic E-state index is 0.00146. The molecule has 2 aliphatic rings. The van der Waals surface area contributed by atoms with Crippen LogP contribution in [0, 0.1) is 10.1 Å². The number of ether oxygens (including phenoxy) is 4. The molecule has 2 fully saturated rings. The van der Waals surface area contributed by atoms with Crippen molar-refractivity contribution in [2.45, 2.75) is 43.0 Å². The molecule has 0 unspecified atom stereocenters. The van der Waals surface area contributed by atoms with E-state index in [1.54, 1.807) is 0 Å². The molecule has 24 heavy (non-hydrogen) atoms. The normalized spacial score (nSPS) is 30.8.